The lowest BCUT2D eigenvalue weighted by atomic mass is 10.2. The van der Waals surface area contributed by atoms with Crippen molar-refractivity contribution in [3.05, 3.63) is 0 Å². The molecule has 1 heterocycles. The van der Waals surface area contributed by atoms with Crippen LogP contribution >= 0.6 is 15.9 Å². The molecule has 4 heteroatoms. The Balaban J connectivity index is 2.40. The van der Waals surface area contributed by atoms with E-state index >= 15 is 0 Å². The van der Waals surface area contributed by atoms with Crippen molar-refractivity contribution >= 4 is 21.8 Å². The minimum atomic E-state index is 0.208. The number of hydrogen-bond acceptors (Lipinski definition) is 2. The van der Waals surface area contributed by atoms with E-state index in [1.54, 1.807) is 0 Å². The zero-order valence-corrected chi connectivity index (χ0v) is 9.17. The fraction of sp³-hybridized carbons (Fsp3) is 0.875. The summed E-state index contributed by atoms with van der Waals surface area (Å²) in [6.45, 7) is 1.80. The first-order chi connectivity index (χ1) is 5.65. The number of nitrogens with zero attached hydrogens (tertiary/aromatic N) is 2. The van der Waals surface area contributed by atoms with Gasteiger partial charge in [0.15, 0.2) is 0 Å². The fourth-order valence-corrected chi connectivity index (χ4v) is 1.83. The number of halogens is 1. The fourth-order valence-electron chi connectivity index (χ4n) is 1.47. The molecule has 1 aliphatic rings. The molecule has 12 heavy (non-hydrogen) atoms. The molecular formula is C8H15BrN2O. The maximum Gasteiger partial charge on any atom is 0.233 e. The first-order valence-corrected chi connectivity index (χ1v) is 5.27. The van der Waals surface area contributed by atoms with Crippen LogP contribution in [0.15, 0.2) is 0 Å². The SMILES string of the molecule is CN(C)C1CCN(C(=O)CBr)C1. The van der Waals surface area contributed by atoms with Crippen molar-refractivity contribution in [3.63, 3.8) is 0 Å². The van der Waals surface area contributed by atoms with Crippen LogP contribution in [0, 0.1) is 0 Å². The summed E-state index contributed by atoms with van der Waals surface area (Å²) >= 11 is 3.18. The Morgan fingerprint density at radius 2 is 2.33 bits per heavy atom. The lowest BCUT2D eigenvalue weighted by Gasteiger charge is -2.19. The summed E-state index contributed by atoms with van der Waals surface area (Å²) in [4.78, 5) is 15.3. The molecule has 0 aliphatic carbocycles. The molecule has 1 rings (SSSR count). The molecule has 70 valence electrons. The van der Waals surface area contributed by atoms with E-state index in [4.69, 9.17) is 0 Å². The van der Waals surface area contributed by atoms with E-state index in [2.05, 4.69) is 34.9 Å². The largest absolute Gasteiger partial charge is 0.340 e. The molecule has 1 unspecified atom stereocenters. The zero-order chi connectivity index (χ0) is 9.14. The van der Waals surface area contributed by atoms with E-state index in [-0.39, 0.29) is 5.91 Å². The lowest BCUT2D eigenvalue weighted by Crippen LogP contribution is -2.34. The van der Waals surface area contributed by atoms with Crippen molar-refractivity contribution in [2.24, 2.45) is 0 Å². The number of rotatable bonds is 2. The molecule has 0 bridgehead atoms. The average molecular weight is 235 g/mol. The van der Waals surface area contributed by atoms with Gasteiger partial charge >= 0.3 is 0 Å². The summed E-state index contributed by atoms with van der Waals surface area (Å²) < 4.78 is 0. The maximum absolute atomic E-state index is 11.2. The van der Waals surface area contributed by atoms with E-state index in [9.17, 15) is 4.79 Å². The van der Waals surface area contributed by atoms with Gasteiger partial charge in [-0.2, -0.15) is 0 Å². The highest BCUT2D eigenvalue weighted by Gasteiger charge is 2.26. The van der Waals surface area contributed by atoms with E-state index in [0.29, 0.717) is 11.4 Å². The second-order valence-electron chi connectivity index (χ2n) is 3.38. The summed E-state index contributed by atoms with van der Waals surface area (Å²) in [5, 5.41) is 0.452. The van der Waals surface area contributed by atoms with Gasteiger partial charge in [0, 0.05) is 19.1 Å². The van der Waals surface area contributed by atoms with Crippen molar-refractivity contribution in [2.75, 3.05) is 32.5 Å². The highest BCUT2D eigenvalue weighted by Crippen LogP contribution is 2.13. The van der Waals surface area contributed by atoms with Gasteiger partial charge in [-0.15, -0.1) is 0 Å². The topological polar surface area (TPSA) is 23.6 Å². The number of alkyl halides is 1. The molecule has 1 amide bonds. The van der Waals surface area contributed by atoms with Crippen LogP contribution in [-0.2, 0) is 4.79 Å². The van der Waals surface area contributed by atoms with Crippen LogP contribution in [0.2, 0.25) is 0 Å². The molecule has 1 fully saturated rings. The van der Waals surface area contributed by atoms with Gasteiger partial charge in [-0.05, 0) is 20.5 Å². The molecule has 0 radical (unpaired) electrons. The highest BCUT2D eigenvalue weighted by atomic mass is 79.9. The predicted molar refractivity (Wildman–Crippen MR) is 52.5 cm³/mol. The van der Waals surface area contributed by atoms with Crippen molar-refractivity contribution in [1.29, 1.82) is 0 Å². The molecule has 0 aromatic rings. The molecule has 0 aromatic heterocycles. The Labute approximate surface area is 81.8 Å². The minimum Gasteiger partial charge on any atom is -0.340 e. The first kappa shape index (κ1) is 9.99. The lowest BCUT2D eigenvalue weighted by molar-refractivity contribution is -0.127. The van der Waals surface area contributed by atoms with Gasteiger partial charge in [-0.3, -0.25) is 4.79 Å². The van der Waals surface area contributed by atoms with Gasteiger partial charge in [0.25, 0.3) is 0 Å². The minimum absolute atomic E-state index is 0.208. The predicted octanol–water partition coefficient (Wildman–Crippen LogP) is 0.544. The summed E-state index contributed by atoms with van der Waals surface area (Å²) in [7, 11) is 4.12. The molecule has 0 aromatic carbocycles. The van der Waals surface area contributed by atoms with Gasteiger partial charge in [0.1, 0.15) is 0 Å². The van der Waals surface area contributed by atoms with Crippen molar-refractivity contribution in [1.82, 2.24) is 9.80 Å². The van der Waals surface area contributed by atoms with Gasteiger partial charge < -0.3 is 9.80 Å². The normalized spacial score (nSPS) is 23.7. The highest BCUT2D eigenvalue weighted by molar-refractivity contribution is 9.09. The molecule has 0 N–H and O–H groups in total. The van der Waals surface area contributed by atoms with Crippen LogP contribution in [0.1, 0.15) is 6.42 Å². The molecule has 1 aliphatic heterocycles. The Bertz CT molecular complexity index is 172. The van der Waals surface area contributed by atoms with E-state index in [0.717, 1.165) is 19.5 Å². The van der Waals surface area contributed by atoms with Gasteiger partial charge in [-0.25, -0.2) is 0 Å². The Hall–Kier alpha value is -0.0900. The number of likely N-dealkylation sites (tertiary alicyclic amines) is 1. The third-order valence-electron chi connectivity index (χ3n) is 2.36. The molecule has 1 saturated heterocycles. The molecule has 0 saturated carbocycles. The smallest absolute Gasteiger partial charge is 0.233 e. The maximum atomic E-state index is 11.2. The molecule has 3 nitrogen and oxygen atoms in total. The zero-order valence-electron chi connectivity index (χ0n) is 7.59. The third kappa shape index (κ3) is 2.20. The molecule has 1 atom stereocenters. The van der Waals surface area contributed by atoms with Crippen molar-refractivity contribution in [2.45, 2.75) is 12.5 Å². The van der Waals surface area contributed by atoms with Crippen LogP contribution in [0.25, 0.3) is 0 Å². The van der Waals surface area contributed by atoms with Crippen LogP contribution in [-0.4, -0.2) is 54.3 Å². The summed E-state index contributed by atoms with van der Waals surface area (Å²) in [6.07, 6.45) is 1.10. The van der Waals surface area contributed by atoms with Crippen LogP contribution in [0.3, 0.4) is 0 Å². The molecule has 0 spiro atoms. The number of carbonyl (C=O) groups excluding carboxylic acids is 1. The van der Waals surface area contributed by atoms with E-state index in [1.807, 2.05) is 4.90 Å². The van der Waals surface area contributed by atoms with Gasteiger partial charge in [0.2, 0.25) is 5.91 Å². The Morgan fingerprint density at radius 1 is 1.67 bits per heavy atom. The number of carbonyl (C=O) groups is 1. The average Bonchev–Trinajstić information content (AvgIpc) is 2.51. The van der Waals surface area contributed by atoms with Crippen molar-refractivity contribution in [3.8, 4) is 0 Å². The number of likely N-dealkylation sites (N-methyl/N-ethyl adjacent to an activating group) is 1. The standard InChI is InChI=1S/C8H15BrN2O/c1-10(2)7-3-4-11(6-7)8(12)5-9/h7H,3-6H2,1-2H3. The van der Waals surface area contributed by atoms with E-state index in [1.165, 1.54) is 0 Å². The first-order valence-electron chi connectivity index (χ1n) is 4.15. The van der Waals surface area contributed by atoms with Crippen LogP contribution in [0.4, 0.5) is 0 Å². The summed E-state index contributed by atoms with van der Waals surface area (Å²) in [5.74, 6) is 0.208. The van der Waals surface area contributed by atoms with Gasteiger partial charge in [-0.1, -0.05) is 15.9 Å². The Morgan fingerprint density at radius 3 is 2.75 bits per heavy atom. The Kier molecular flexibility index (Phi) is 3.53. The third-order valence-corrected chi connectivity index (χ3v) is 2.84. The van der Waals surface area contributed by atoms with Crippen molar-refractivity contribution < 1.29 is 4.79 Å². The number of amides is 1. The van der Waals surface area contributed by atoms with E-state index < -0.39 is 0 Å². The second-order valence-corrected chi connectivity index (χ2v) is 3.94. The second kappa shape index (κ2) is 4.23. The van der Waals surface area contributed by atoms with Gasteiger partial charge in [0.05, 0.1) is 5.33 Å². The summed E-state index contributed by atoms with van der Waals surface area (Å²) in [5.41, 5.74) is 0. The van der Waals surface area contributed by atoms with Crippen LogP contribution < -0.4 is 0 Å². The molecular weight excluding hydrogens is 220 g/mol. The quantitative estimate of drug-likeness (QED) is 0.652. The summed E-state index contributed by atoms with van der Waals surface area (Å²) in [6, 6.07) is 0.549. The number of hydrogen-bond donors (Lipinski definition) is 0. The monoisotopic (exact) mass is 234 g/mol. The van der Waals surface area contributed by atoms with Crippen LogP contribution in [0.5, 0.6) is 0 Å².